The van der Waals surface area contributed by atoms with Gasteiger partial charge >= 0.3 is 0 Å². The van der Waals surface area contributed by atoms with Gasteiger partial charge in [-0.15, -0.1) is 0 Å². The number of likely N-dealkylation sites (N-methyl/N-ethyl adjacent to an activating group) is 1. The number of rotatable bonds is 6. The number of nitrogens with two attached hydrogens (primary N) is 1. The third-order valence-electron chi connectivity index (χ3n) is 2.95. The number of hydrogen-bond donors (Lipinski definition) is 2. The molecule has 1 heterocycles. The highest BCUT2D eigenvalue weighted by atomic mass is 16.1. The fraction of sp³-hybridized carbons (Fsp3) is 0.286. The van der Waals surface area contributed by atoms with Crippen LogP contribution in [0.25, 0.3) is 0 Å². The van der Waals surface area contributed by atoms with Crippen molar-refractivity contribution in [2.24, 2.45) is 5.73 Å². The van der Waals surface area contributed by atoms with Gasteiger partial charge in [-0.05, 0) is 18.7 Å². The second kappa shape index (κ2) is 6.15. The monoisotopic (exact) mass is 258 g/mol. The van der Waals surface area contributed by atoms with Crippen molar-refractivity contribution in [2.75, 3.05) is 13.6 Å². The standard InChI is InChI=1S/C14H18N4O/c1-16-7-6-12-9-18(10-17-12)8-11-4-2-3-5-13(11)14(15)19/h2-5,9-10,16H,6-8H2,1H3,(H2,15,19). The van der Waals surface area contributed by atoms with Crippen molar-refractivity contribution >= 4 is 5.91 Å². The molecule has 1 amide bonds. The molecule has 3 N–H and O–H groups in total. The van der Waals surface area contributed by atoms with Crippen LogP contribution < -0.4 is 11.1 Å². The molecule has 0 saturated heterocycles. The predicted molar refractivity (Wildman–Crippen MR) is 73.9 cm³/mol. The van der Waals surface area contributed by atoms with Crippen LogP contribution in [0.1, 0.15) is 21.6 Å². The summed E-state index contributed by atoms with van der Waals surface area (Å²) in [6.45, 7) is 1.50. The van der Waals surface area contributed by atoms with Gasteiger partial charge < -0.3 is 15.6 Å². The number of benzene rings is 1. The number of nitrogens with one attached hydrogen (secondary N) is 1. The molecule has 0 bridgehead atoms. The SMILES string of the molecule is CNCCc1cn(Cc2ccccc2C(N)=O)cn1. The molecule has 0 aliphatic carbocycles. The number of hydrogen-bond acceptors (Lipinski definition) is 3. The van der Waals surface area contributed by atoms with Crippen LogP contribution in [0.2, 0.25) is 0 Å². The van der Waals surface area contributed by atoms with Gasteiger partial charge in [0, 0.05) is 31.3 Å². The van der Waals surface area contributed by atoms with E-state index in [1.807, 2.05) is 36.0 Å². The molecule has 2 rings (SSSR count). The molecular weight excluding hydrogens is 240 g/mol. The van der Waals surface area contributed by atoms with Crippen molar-refractivity contribution in [3.8, 4) is 0 Å². The van der Waals surface area contributed by atoms with E-state index in [1.165, 1.54) is 0 Å². The van der Waals surface area contributed by atoms with Crippen LogP contribution >= 0.6 is 0 Å². The lowest BCUT2D eigenvalue weighted by atomic mass is 10.1. The molecule has 0 unspecified atom stereocenters. The molecule has 5 heteroatoms. The highest BCUT2D eigenvalue weighted by Gasteiger charge is 2.08. The Labute approximate surface area is 112 Å². The van der Waals surface area contributed by atoms with E-state index >= 15 is 0 Å². The maximum atomic E-state index is 11.3. The number of imidazole rings is 1. The summed E-state index contributed by atoms with van der Waals surface area (Å²) in [5.41, 5.74) is 7.87. The predicted octanol–water partition coefficient (Wildman–Crippen LogP) is 0.792. The Kier molecular flexibility index (Phi) is 4.30. The zero-order chi connectivity index (χ0) is 13.7. The summed E-state index contributed by atoms with van der Waals surface area (Å²) in [6.07, 6.45) is 4.67. The van der Waals surface area contributed by atoms with Gasteiger partial charge in [-0.2, -0.15) is 0 Å². The number of carbonyl (C=O) groups is 1. The lowest BCUT2D eigenvalue weighted by Gasteiger charge is -2.06. The van der Waals surface area contributed by atoms with E-state index in [-0.39, 0.29) is 0 Å². The van der Waals surface area contributed by atoms with Gasteiger partial charge in [-0.25, -0.2) is 4.98 Å². The molecule has 100 valence electrons. The lowest BCUT2D eigenvalue weighted by Crippen LogP contribution is -2.14. The molecule has 5 nitrogen and oxygen atoms in total. The summed E-state index contributed by atoms with van der Waals surface area (Å²) in [5, 5.41) is 3.09. The average Bonchev–Trinajstić information content (AvgIpc) is 2.84. The maximum absolute atomic E-state index is 11.3. The van der Waals surface area contributed by atoms with Crippen LogP contribution in [-0.4, -0.2) is 29.1 Å². The molecule has 2 aromatic rings. The van der Waals surface area contributed by atoms with Gasteiger partial charge in [0.2, 0.25) is 5.91 Å². The summed E-state index contributed by atoms with van der Waals surface area (Å²) in [6, 6.07) is 7.38. The Morgan fingerprint density at radius 3 is 2.95 bits per heavy atom. The molecule has 0 aliphatic rings. The fourth-order valence-corrected chi connectivity index (χ4v) is 1.97. The van der Waals surface area contributed by atoms with Crippen molar-refractivity contribution < 1.29 is 4.79 Å². The zero-order valence-corrected chi connectivity index (χ0v) is 11.0. The van der Waals surface area contributed by atoms with Crippen LogP contribution in [0.4, 0.5) is 0 Å². The Balaban J connectivity index is 2.13. The molecular formula is C14H18N4O. The van der Waals surface area contributed by atoms with E-state index in [4.69, 9.17) is 5.73 Å². The van der Waals surface area contributed by atoms with Crippen molar-refractivity contribution in [3.05, 3.63) is 53.6 Å². The van der Waals surface area contributed by atoms with Gasteiger partial charge in [-0.3, -0.25) is 4.79 Å². The van der Waals surface area contributed by atoms with Crippen LogP contribution in [0.15, 0.2) is 36.8 Å². The highest BCUT2D eigenvalue weighted by Crippen LogP contribution is 2.10. The molecule has 0 aliphatic heterocycles. The first-order chi connectivity index (χ1) is 9.20. The van der Waals surface area contributed by atoms with Gasteiger partial charge in [0.1, 0.15) is 0 Å². The van der Waals surface area contributed by atoms with Crippen molar-refractivity contribution in [1.82, 2.24) is 14.9 Å². The quantitative estimate of drug-likeness (QED) is 0.804. The minimum absolute atomic E-state index is 0.397. The summed E-state index contributed by atoms with van der Waals surface area (Å²) in [7, 11) is 1.92. The number of nitrogens with zero attached hydrogens (tertiary/aromatic N) is 2. The highest BCUT2D eigenvalue weighted by molar-refractivity contribution is 5.94. The molecule has 1 aromatic carbocycles. The Bertz CT molecular complexity index is 562. The molecule has 0 radical (unpaired) electrons. The first kappa shape index (κ1) is 13.3. The minimum Gasteiger partial charge on any atom is -0.366 e. The third-order valence-corrected chi connectivity index (χ3v) is 2.95. The maximum Gasteiger partial charge on any atom is 0.249 e. The summed E-state index contributed by atoms with van der Waals surface area (Å²) >= 11 is 0. The van der Waals surface area contributed by atoms with Crippen molar-refractivity contribution in [2.45, 2.75) is 13.0 Å². The number of aromatic nitrogens is 2. The molecule has 19 heavy (non-hydrogen) atoms. The van der Waals surface area contributed by atoms with E-state index in [9.17, 15) is 4.79 Å². The summed E-state index contributed by atoms with van der Waals surface area (Å²) in [5.74, 6) is -0.397. The van der Waals surface area contributed by atoms with Gasteiger partial charge in [-0.1, -0.05) is 18.2 Å². The largest absolute Gasteiger partial charge is 0.366 e. The topological polar surface area (TPSA) is 72.9 Å². The van der Waals surface area contributed by atoms with E-state index in [1.54, 1.807) is 12.4 Å². The third kappa shape index (κ3) is 3.42. The van der Waals surface area contributed by atoms with Crippen molar-refractivity contribution in [1.29, 1.82) is 0 Å². The molecule has 0 spiro atoms. The van der Waals surface area contributed by atoms with E-state index in [0.29, 0.717) is 12.1 Å². The van der Waals surface area contributed by atoms with Crippen LogP contribution in [0, 0.1) is 0 Å². The molecule has 0 saturated carbocycles. The number of amides is 1. The smallest absolute Gasteiger partial charge is 0.249 e. The van der Waals surface area contributed by atoms with Gasteiger partial charge in [0.15, 0.2) is 0 Å². The first-order valence-corrected chi connectivity index (χ1v) is 6.23. The Morgan fingerprint density at radius 2 is 2.21 bits per heavy atom. The second-order valence-electron chi connectivity index (χ2n) is 4.41. The number of carbonyl (C=O) groups excluding carboxylic acids is 1. The van der Waals surface area contributed by atoms with E-state index < -0.39 is 5.91 Å². The van der Waals surface area contributed by atoms with Gasteiger partial charge in [0.25, 0.3) is 0 Å². The van der Waals surface area contributed by atoms with Crippen LogP contribution in [0.3, 0.4) is 0 Å². The fourth-order valence-electron chi connectivity index (χ4n) is 1.97. The average molecular weight is 258 g/mol. The van der Waals surface area contributed by atoms with Gasteiger partial charge in [0.05, 0.1) is 12.0 Å². The van der Waals surface area contributed by atoms with Crippen molar-refractivity contribution in [3.63, 3.8) is 0 Å². The Hall–Kier alpha value is -2.14. The van der Waals surface area contributed by atoms with Crippen LogP contribution in [-0.2, 0) is 13.0 Å². The minimum atomic E-state index is -0.397. The second-order valence-corrected chi connectivity index (χ2v) is 4.41. The molecule has 1 aromatic heterocycles. The number of primary amides is 1. The van der Waals surface area contributed by atoms with E-state index in [2.05, 4.69) is 10.3 Å². The summed E-state index contributed by atoms with van der Waals surface area (Å²) in [4.78, 5) is 15.7. The normalized spacial score (nSPS) is 10.6. The first-order valence-electron chi connectivity index (χ1n) is 6.23. The lowest BCUT2D eigenvalue weighted by molar-refractivity contribution is 0.0999. The Morgan fingerprint density at radius 1 is 1.42 bits per heavy atom. The zero-order valence-electron chi connectivity index (χ0n) is 11.0. The molecule has 0 atom stereocenters. The van der Waals surface area contributed by atoms with E-state index in [0.717, 1.165) is 24.2 Å². The molecule has 0 fully saturated rings. The summed E-state index contributed by atoms with van der Waals surface area (Å²) < 4.78 is 1.97. The van der Waals surface area contributed by atoms with Crippen LogP contribution in [0.5, 0.6) is 0 Å².